The summed E-state index contributed by atoms with van der Waals surface area (Å²) in [4.78, 5) is 24.3. The Balaban J connectivity index is 1.75. The molecule has 0 radical (unpaired) electrons. The molecule has 0 atom stereocenters. The molecule has 0 spiro atoms. The topological polar surface area (TPSA) is 51.0 Å². The SMILES string of the molecule is Cc1nc2c(c(=O)n1C)CN(c1nc3c(C(C)C)cccc3s1)CC2. The van der Waals surface area contributed by atoms with Crippen LogP contribution in [-0.4, -0.2) is 21.1 Å². The van der Waals surface area contributed by atoms with Crippen molar-refractivity contribution >= 4 is 26.7 Å². The van der Waals surface area contributed by atoms with Crippen LogP contribution in [0.15, 0.2) is 23.0 Å². The predicted molar refractivity (Wildman–Crippen MR) is 103 cm³/mol. The molecule has 2 aromatic heterocycles. The summed E-state index contributed by atoms with van der Waals surface area (Å²) in [5.41, 5.74) is 4.20. The van der Waals surface area contributed by atoms with Crippen molar-refractivity contribution in [2.45, 2.75) is 39.7 Å². The molecular weight excluding hydrogens is 332 g/mol. The van der Waals surface area contributed by atoms with E-state index in [-0.39, 0.29) is 5.56 Å². The molecule has 0 saturated heterocycles. The lowest BCUT2D eigenvalue weighted by molar-refractivity contribution is 0.654. The van der Waals surface area contributed by atoms with Gasteiger partial charge in [0.05, 0.1) is 28.0 Å². The molecule has 1 aliphatic rings. The first-order valence-corrected chi connectivity index (χ1v) is 9.47. The van der Waals surface area contributed by atoms with E-state index in [2.05, 4.69) is 41.9 Å². The van der Waals surface area contributed by atoms with Gasteiger partial charge in [-0.05, 0) is 24.5 Å². The van der Waals surface area contributed by atoms with Crippen LogP contribution in [-0.2, 0) is 20.0 Å². The molecule has 3 heterocycles. The molecule has 0 saturated carbocycles. The third-order valence-electron chi connectivity index (χ3n) is 4.99. The van der Waals surface area contributed by atoms with Gasteiger partial charge in [-0.15, -0.1) is 0 Å². The Morgan fingerprint density at radius 1 is 1.24 bits per heavy atom. The number of hydrogen-bond acceptors (Lipinski definition) is 5. The lowest BCUT2D eigenvalue weighted by Gasteiger charge is -2.27. The molecule has 0 bridgehead atoms. The van der Waals surface area contributed by atoms with Gasteiger partial charge in [-0.3, -0.25) is 9.36 Å². The zero-order valence-corrected chi connectivity index (χ0v) is 15.9. The minimum Gasteiger partial charge on any atom is -0.343 e. The van der Waals surface area contributed by atoms with E-state index in [1.807, 2.05) is 6.92 Å². The number of aryl methyl sites for hydroxylation is 1. The van der Waals surface area contributed by atoms with Crippen molar-refractivity contribution in [2.75, 3.05) is 11.4 Å². The van der Waals surface area contributed by atoms with E-state index in [0.29, 0.717) is 12.5 Å². The van der Waals surface area contributed by atoms with Gasteiger partial charge < -0.3 is 4.90 Å². The van der Waals surface area contributed by atoms with Crippen molar-refractivity contribution in [3.8, 4) is 0 Å². The summed E-state index contributed by atoms with van der Waals surface area (Å²) in [5, 5.41) is 0.997. The highest BCUT2D eigenvalue weighted by atomic mass is 32.1. The van der Waals surface area contributed by atoms with Crippen LogP contribution in [0, 0.1) is 6.92 Å². The van der Waals surface area contributed by atoms with Gasteiger partial charge in [-0.2, -0.15) is 0 Å². The Kier molecular flexibility index (Phi) is 3.87. The summed E-state index contributed by atoms with van der Waals surface area (Å²) in [7, 11) is 1.79. The molecule has 0 N–H and O–H groups in total. The van der Waals surface area contributed by atoms with E-state index in [9.17, 15) is 4.79 Å². The Labute approximate surface area is 151 Å². The maximum Gasteiger partial charge on any atom is 0.258 e. The van der Waals surface area contributed by atoms with E-state index in [1.165, 1.54) is 10.3 Å². The number of nitrogens with zero attached hydrogens (tertiary/aromatic N) is 4. The second-order valence-corrected chi connectivity index (χ2v) is 7.97. The van der Waals surface area contributed by atoms with E-state index in [4.69, 9.17) is 4.98 Å². The monoisotopic (exact) mass is 354 g/mol. The molecule has 6 heteroatoms. The summed E-state index contributed by atoms with van der Waals surface area (Å²) in [6.07, 6.45) is 0.791. The van der Waals surface area contributed by atoms with E-state index >= 15 is 0 Å². The third kappa shape index (κ3) is 2.65. The average molecular weight is 354 g/mol. The first kappa shape index (κ1) is 16.3. The number of thiazole rings is 1. The van der Waals surface area contributed by atoms with Crippen molar-refractivity contribution in [2.24, 2.45) is 7.05 Å². The molecule has 3 aromatic rings. The zero-order valence-electron chi connectivity index (χ0n) is 15.0. The number of aromatic nitrogens is 3. The van der Waals surface area contributed by atoms with Crippen LogP contribution in [0.2, 0.25) is 0 Å². The average Bonchev–Trinajstić information content (AvgIpc) is 3.03. The maximum absolute atomic E-state index is 12.6. The van der Waals surface area contributed by atoms with Gasteiger partial charge in [0.2, 0.25) is 0 Å². The molecule has 1 aromatic carbocycles. The summed E-state index contributed by atoms with van der Waals surface area (Å²) in [5.74, 6) is 1.22. The maximum atomic E-state index is 12.6. The summed E-state index contributed by atoms with van der Waals surface area (Å²) in [6.45, 7) is 7.72. The van der Waals surface area contributed by atoms with Gasteiger partial charge in [0.15, 0.2) is 5.13 Å². The van der Waals surface area contributed by atoms with E-state index in [1.54, 1.807) is 23.0 Å². The minimum atomic E-state index is 0.0659. The lowest BCUT2D eigenvalue weighted by atomic mass is 10.0. The van der Waals surface area contributed by atoms with Gasteiger partial charge in [0.1, 0.15) is 5.82 Å². The molecule has 5 nitrogen and oxygen atoms in total. The van der Waals surface area contributed by atoms with Gasteiger partial charge in [-0.1, -0.05) is 37.3 Å². The van der Waals surface area contributed by atoms with Crippen LogP contribution in [0.25, 0.3) is 10.2 Å². The van der Waals surface area contributed by atoms with Gasteiger partial charge in [0, 0.05) is 20.0 Å². The Hall–Kier alpha value is -2.21. The minimum absolute atomic E-state index is 0.0659. The number of rotatable bonds is 2. The standard InChI is InChI=1S/C19H22N4OS/c1-11(2)13-6-5-7-16-17(13)21-19(25-16)23-9-8-15-14(10-23)18(24)22(4)12(3)20-15/h5-7,11H,8-10H2,1-4H3. The second kappa shape index (κ2) is 5.95. The van der Waals surface area contributed by atoms with Crippen molar-refractivity contribution in [3.05, 3.63) is 51.2 Å². The highest BCUT2D eigenvalue weighted by molar-refractivity contribution is 7.22. The highest BCUT2D eigenvalue weighted by Gasteiger charge is 2.24. The zero-order chi connectivity index (χ0) is 17.7. The van der Waals surface area contributed by atoms with Gasteiger partial charge >= 0.3 is 0 Å². The Bertz CT molecular complexity index is 1020. The molecular formula is C19H22N4OS. The molecule has 4 rings (SSSR count). The van der Waals surface area contributed by atoms with Crippen molar-refractivity contribution < 1.29 is 0 Å². The fraction of sp³-hybridized carbons (Fsp3) is 0.421. The van der Waals surface area contributed by atoms with Crippen LogP contribution in [0.4, 0.5) is 5.13 Å². The van der Waals surface area contributed by atoms with Crippen molar-refractivity contribution in [1.82, 2.24) is 14.5 Å². The number of anilines is 1. The first-order chi connectivity index (χ1) is 12.0. The first-order valence-electron chi connectivity index (χ1n) is 8.65. The molecule has 0 unspecified atom stereocenters. The van der Waals surface area contributed by atoms with Crippen LogP contribution in [0.3, 0.4) is 0 Å². The lowest BCUT2D eigenvalue weighted by Crippen LogP contribution is -2.38. The number of hydrogen-bond donors (Lipinski definition) is 0. The highest BCUT2D eigenvalue weighted by Crippen LogP contribution is 2.34. The number of benzene rings is 1. The largest absolute Gasteiger partial charge is 0.343 e. The third-order valence-corrected chi connectivity index (χ3v) is 6.07. The smallest absolute Gasteiger partial charge is 0.258 e. The van der Waals surface area contributed by atoms with Crippen LogP contribution in [0.1, 0.15) is 42.4 Å². The van der Waals surface area contributed by atoms with Crippen LogP contribution < -0.4 is 10.5 Å². The summed E-state index contributed by atoms with van der Waals surface area (Å²) >= 11 is 1.71. The fourth-order valence-corrected chi connectivity index (χ4v) is 4.43. The van der Waals surface area contributed by atoms with Gasteiger partial charge in [-0.25, -0.2) is 9.97 Å². The van der Waals surface area contributed by atoms with Gasteiger partial charge in [0.25, 0.3) is 5.56 Å². The Morgan fingerprint density at radius 2 is 2.04 bits per heavy atom. The molecule has 0 fully saturated rings. The molecule has 0 amide bonds. The molecule has 25 heavy (non-hydrogen) atoms. The number of para-hydroxylation sites is 1. The number of fused-ring (bicyclic) bond motifs is 2. The summed E-state index contributed by atoms with van der Waals surface area (Å²) < 4.78 is 2.85. The quantitative estimate of drug-likeness (QED) is 0.708. The fourth-order valence-electron chi connectivity index (χ4n) is 3.41. The van der Waals surface area contributed by atoms with Crippen LogP contribution >= 0.6 is 11.3 Å². The molecule has 1 aliphatic heterocycles. The normalized spacial score (nSPS) is 14.4. The van der Waals surface area contributed by atoms with E-state index in [0.717, 1.165) is 40.7 Å². The predicted octanol–water partition coefficient (Wildman–Crippen LogP) is 3.38. The Morgan fingerprint density at radius 3 is 2.80 bits per heavy atom. The summed E-state index contributed by atoms with van der Waals surface area (Å²) in [6, 6.07) is 6.39. The van der Waals surface area contributed by atoms with Crippen LogP contribution in [0.5, 0.6) is 0 Å². The van der Waals surface area contributed by atoms with Crippen molar-refractivity contribution in [3.63, 3.8) is 0 Å². The molecule has 130 valence electrons. The van der Waals surface area contributed by atoms with E-state index < -0.39 is 0 Å². The molecule has 0 aliphatic carbocycles. The van der Waals surface area contributed by atoms with Crippen molar-refractivity contribution in [1.29, 1.82) is 0 Å². The second-order valence-electron chi connectivity index (χ2n) is 6.97.